The first-order valence-electron chi connectivity index (χ1n) is 8.82. The van der Waals surface area contributed by atoms with Crippen LogP contribution < -0.4 is 0 Å². The van der Waals surface area contributed by atoms with Crippen LogP contribution in [0.1, 0.15) is 11.3 Å². The number of hydrogen-bond donors (Lipinski definition) is 0. The zero-order valence-electron chi connectivity index (χ0n) is 14.7. The maximum atomic E-state index is 6.07. The molecular formula is C22H14Cl2N4. The van der Waals surface area contributed by atoms with Gasteiger partial charge in [-0.05, 0) is 42.0 Å². The molecule has 0 amide bonds. The molecule has 2 heterocycles. The largest absolute Gasteiger partial charge is 0.229 e. The molecule has 5 aromatic rings. The Balaban J connectivity index is 1.73. The fraction of sp³-hybridized carbons (Fsp3) is 0.0455. The minimum atomic E-state index is 0.637. The lowest BCUT2D eigenvalue weighted by atomic mass is 10.0. The molecule has 0 atom stereocenters. The van der Waals surface area contributed by atoms with Crippen LogP contribution in [0.3, 0.4) is 0 Å². The second-order valence-corrected chi connectivity index (χ2v) is 7.42. The average molecular weight is 405 g/mol. The van der Waals surface area contributed by atoms with Crippen LogP contribution in [0.5, 0.6) is 0 Å². The van der Waals surface area contributed by atoms with Gasteiger partial charge in [0.05, 0.1) is 11.2 Å². The number of halogens is 2. The van der Waals surface area contributed by atoms with Crippen molar-refractivity contribution in [1.82, 2.24) is 19.8 Å². The molecule has 0 saturated heterocycles. The van der Waals surface area contributed by atoms with Gasteiger partial charge in [0.15, 0.2) is 5.65 Å². The summed E-state index contributed by atoms with van der Waals surface area (Å²) in [6.45, 7) is 0. The molecule has 0 aliphatic rings. The summed E-state index contributed by atoms with van der Waals surface area (Å²) in [5.41, 5.74) is 5.34. The van der Waals surface area contributed by atoms with Crippen molar-refractivity contribution < 1.29 is 0 Å². The van der Waals surface area contributed by atoms with Crippen molar-refractivity contribution >= 4 is 39.8 Å². The normalized spacial score (nSPS) is 11.4. The van der Waals surface area contributed by atoms with Crippen molar-refractivity contribution in [2.24, 2.45) is 0 Å². The van der Waals surface area contributed by atoms with Crippen LogP contribution in [0.15, 0.2) is 72.8 Å². The second kappa shape index (κ2) is 6.89. The van der Waals surface area contributed by atoms with E-state index in [-0.39, 0.29) is 0 Å². The van der Waals surface area contributed by atoms with Gasteiger partial charge in [0.2, 0.25) is 0 Å². The maximum absolute atomic E-state index is 6.07. The molecule has 136 valence electrons. The van der Waals surface area contributed by atoms with Gasteiger partial charge in [0, 0.05) is 27.4 Å². The molecule has 3 aromatic carbocycles. The first-order chi connectivity index (χ1) is 13.7. The Hall–Kier alpha value is -2.95. The molecule has 0 unspecified atom stereocenters. The topological polar surface area (TPSA) is 43.1 Å². The van der Waals surface area contributed by atoms with E-state index in [9.17, 15) is 0 Å². The summed E-state index contributed by atoms with van der Waals surface area (Å²) in [4.78, 5) is 4.95. The van der Waals surface area contributed by atoms with Crippen LogP contribution >= 0.6 is 23.2 Å². The molecule has 0 spiro atoms. The molecule has 0 aliphatic heterocycles. The van der Waals surface area contributed by atoms with Gasteiger partial charge in [-0.1, -0.05) is 59.6 Å². The van der Waals surface area contributed by atoms with E-state index in [2.05, 4.69) is 5.10 Å². The van der Waals surface area contributed by atoms with Crippen LogP contribution in [0, 0.1) is 0 Å². The van der Waals surface area contributed by atoms with E-state index in [1.165, 1.54) is 0 Å². The molecule has 0 bridgehead atoms. The van der Waals surface area contributed by atoms with Crippen molar-refractivity contribution in [2.75, 3.05) is 0 Å². The van der Waals surface area contributed by atoms with E-state index in [0.29, 0.717) is 16.5 Å². The summed E-state index contributed by atoms with van der Waals surface area (Å²) in [7, 11) is 0. The van der Waals surface area contributed by atoms with Gasteiger partial charge in [0.1, 0.15) is 5.69 Å². The van der Waals surface area contributed by atoms with Gasteiger partial charge in [0.25, 0.3) is 0 Å². The Morgan fingerprint density at radius 3 is 2.18 bits per heavy atom. The first kappa shape index (κ1) is 17.2. The molecule has 0 N–H and O–H groups in total. The minimum Gasteiger partial charge on any atom is -0.229 e. The molecule has 0 radical (unpaired) electrons. The van der Waals surface area contributed by atoms with Crippen LogP contribution in [-0.4, -0.2) is 19.8 Å². The summed E-state index contributed by atoms with van der Waals surface area (Å²) in [5.74, 6) is 0. The fourth-order valence-corrected chi connectivity index (χ4v) is 3.52. The highest BCUT2D eigenvalue weighted by molar-refractivity contribution is 6.30. The van der Waals surface area contributed by atoms with E-state index >= 15 is 0 Å². The van der Waals surface area contributed by atoms with E-state index in [1.807, 2.05) is 72.8 Å². The number of aromatic nitrogens is 4. The third-order valence-electron chi connectivity index (χ3n) is 4.65. The smallest absolute Gasteiger partial charge is 0.184 e. The zero-order chi connectivity index (χ0) is 19.1. The van der Waals surface area contributed by atoms with Crippen molar-refractivity contribution in [2.45, 2.75) is 6.42 Å². The van der Waals surface area contributed by atoms with E-state index in [0.717, 1.165) is 39.1 Å². The molecule has 4 nitrogen and oxygen atoms in total. The van der Waals surface area contributed by atoms with Crippen molar-refractivity contribution in [3.63, 3.8) is 0 Å². The molecule has 6 heteroatoms. The molecule has 0 aliphatic carbocycles. The van der Waals surface area contributed by atoms with E-state index < -0.39 is 0 Å². The lowest BCUT2D eigenvalue weighted by Crippen LogP contribution is -2.05. The summed E-state index contributed by atoms with van der Waals surface area (Å²) in [6, 6.07) is 23.3. The summed E-state index contributed by atoms with van der Waals surface area (Å²) >= 11 is 12.1. The molecule has 0 fully saturated rings. The van der Waals surface area contributed by atoms with Gasteiger partial charge < -0.3 is 0 Å². The molecule has 2 aromatic heterocycles. The Labute approximate surface area is 171 Å². The number of fused-ring (bicyclic) bond motifs is 3. The van der Waals surface area contributed by atoms with Crippen molar-refractivity contribution in [3.8, 4) is 11.3 Å². The standard InChI is InChI=1S/C22H14Cl2N4/c23-16-9-5-14(6-10-16)13-20-21(15-7-11-17(24)12-8-15)27-28-22(25-20)18-3-1-2-4-19(18)26-28/h1-12H,13H2. The minimum absolute atomic E-state index is 0.637. The predicted molar refractivity (Wildman–Crippen MR) is 113 cm³/mol. The predicted octanol–water partition coefficient (Wildman–Crippen LogP) is 5.84. The fourth-order valence-electron chi connectivity index (χ4n) is 3.27. The summed E-state index contributed by atoms with van der Waals surface area (Å²) in [5, 5.41) is 11.8. The van der Waals surface area contributed by atoms with Crippen molar-refractivity contribution in [3.05, 3.63) is 94.1 Å². The van der Waals surface area contributed by atoms with Crippen LogP contribution in [-0.2, 0) is 6.42 Å². The second-order valence-electron chi connectivity index (χ2n) is 6.55. The maximum Gasteiger partial charge on any atom is 0.184 e. The molecule has 5 rings (SSSR count). The number of benzene rings is 3. The third-order valence-corrected chi connectivity index (χ3v) is 5.15. The Morgan fingerprint density at radius 2 is 1.43 bits per heavy atom. The summed E-state index contributed by atoms with van der Waals surface area (Å²) in [6.07, 6.45) is 0.637. The highest BCUT2D eigenvalue weighted by Crippen LogP contribution is 2.27. The lowest BCUT2D eigenvalue weighted by molar-refractivity contribution is 0.785. The quantitative estimate of drug-likeness (QED) is 0.379. The molecular weight excluding hydrogens is 391 g/mol. The number of rotatable bonds is 3. The highest BCUT2D eigenvalue weighted by Gasteiger charge is 2.15. The number of nitrogens with zero attached hydrogens (tertiary/aromatic N) is 4. The van der Waals surface area contributed by atoms with E-state index in [1.54, 1.807) is 4.63 Å². The van der Waals surface area contributed by atoms with Crippen LogP contribution in [0.4, 0.5) is 0 Å². The highest BCUT2D eigenvalue weighted by atomic mass is 35.5. The first-order valence-corrected chi connectivity index (χ1v) is 9.58. The van der Waals surface area contributed by atoms with Gasteiger partial charge in [-0.25, -0.2) is 4.98 Å². The Bertz CT molecular complexity index is 1290. The van der Waals surface area contributed by atoms with Gasteiger partial charge in [-0.2, -0.15) is 0 Å². The van der Waals surface area contributed by atoms with Gasteiger partial charge >= 0.3 is 0 Å². The van der Waals surface area contributed by atoms with Crippen molar-refractivity contribution in [1.29, 1.82) is 0 Å². The van der Waals surface area contributed by atoms with E-state index in [4.69, 9.17) is 33.3 Å². The molecule has 28 heavy (non-hydrogen) atoms. The SMILES string of the molecule is Clc1ccc(Cc2nc3c4ccccc4nn3nc2-c2ccc(Cl)cc2)cc1. The molecule has 0 saturated carbocycles. The van der Waals surface area contributed by atoms with Gasteiger partial charge in [-0.3, -0.25) is 0 Å². The Morgan fingerprint density at radius 1 is 0.750 bits per heavy atom. The zero-order valence-corrected chi connectivity index (χ0v) is 16.2. The monoisotopic (exact) mass is 404 g/mol. The summed E-state index contributed by atoms with van der Waals surface area (Å²) < 4.78 is 1.61. The number of hydrogen-bond acceptors (Lipinski definition) is 3. The van der Waals surface area contributed by atoms with Gasteiger partial charge in [-0.15, -0.1) is 14.8 Å². The third kappa shape index (κ3) is 3.11. The average Bonchev–Trinajstić information content (AvgIpc) is 3.07. The lowest BCUT2D eigenvalue weighted by Gasteiger charge is -2.09. The van der Waals surface area contributed by atoms with Crippen LogP contribution in [0.2, 0.25) is 10.0 Å². The van der Waals surface area contributed by atoms with Crippen LogP contribution in [0.25, 0.3) is 27.8 Å². The Kier molecular flexibility index (Phi) is 4.23.